The van der Waals surface area contributed by atoms with E-state index in [0.29, 0.717) is 24.5 Å². The maximum Gasteiger partial charge on any atom is 0.316 e. The molecule has 1 aliphatic carbocycles. The van der Waals surface area contributed by atoms with Crippen LogP contribution < -0.4 is 5.32 Å². The number of aliphatic imine (C=N–C) groups is 1. The van der Waals surface area contributed by atoms with E-state index in [-0.39, 0.29) is 23.2 Å². The first-order valence-electron chi connectivity index (χ1n) is 6.74. The van der Waals surface area contributed by atoms with Gasteiger partial charge in [0, 0.05) is 6.04 Å². The smallest absolute Gasteiger partial charge is 0.316 e. The van der Waals surface area contributed by atoms with Gasteiger partial charge >= 0.3 is 5.97 Å². The molecule has 0 radical (unpaired) electrons. The summed E-state index contributed by atoms with van der Waals surface area (Å²) >= 11 is 1.14. The minimum Gasteiger partial charge on any atom is -0.465 e. The molecule has 1 amide bonds. The molecule has 1 aliphatic heterocycles. The third-order valence-corrected chi connectivity index (χ3v) is 3.72. The van der Waals surface area contributed by atoms with Crippen LogP contribution in [-0.4, -0.2) is 53.3 Å². The molecule has 0 aromatic carbocycles. The summed E-state index contributed by atoms with van der Waals surface area (Å²) in [6.45, 7) is 6.09. The van der Waals surface area contributed by atoms with Crippen molar-refractivity contribution in [1.29, 1.82) is 0 Å². The van der Waals surface area contributed by atoms with Crippen LogP contribution in [0, 0.1) is 0 Å². The van der Waals surface area contributed by atoms with Gasteiger partial charge in [0.15, 0.2) is 5.17 Å². The van der Waals surface area contributed by atoms with Crippen LogP contribution in [0.1, 0.15) is 19.8 Å². The fourth-order valence-corrected chi connectivity index (χ4v) is 2.24. The topological polar surface area (TPSA) is 83.4 Å². The highest BCUT2D eigenvalue weighted by molar-refractivity contribution is 8.14. The van der Waals surface area contributed by atoms with Gasteiger partial charge in [-0.1, -0.05) is 18.3 Å². The molecule has 0 atom stereocenters. The number of amidine groups is 1. The lowest BCUT2D eigenvalue weighted by Gasteiger charge is -2.15. The average molecular weight is 310 g/mol. The number of esters is 1. The van der Waals surface area contributed by atoms with E-state index in [9.17, 15) is 9.59 Å². The fraction of sp³-hybridized carbons (Fsp3) is 0.538. The van der Waals surface area contributed by atoms with Gasteiger partial charge in [-0.15, -0.1) is 0 Å². The van der Waals surface area contributed by atoms with E-state index in [1.165, 1.54) is 6.21 Å². The van der Waals surface area contributed by atoms with E-state index in [2.05, 4.69) is 22.0 Å². The molecule has 114 valence electrons. The minimum atomic E-state index is -0.369. The highest BCUT2D eigenvalue weighted by Crippen LogP contribution is 2.27. The molecule has 1 saturated carbocycles. The Morgan fingerprint density at radius 1 is 1.62 bits per heavy atom. The van der Waals surface area contributed by atoms with E-state index >= 15 is 0 Å². The largest absolute Gasteiger partial charge is 0.465 e. The van der Waals surface area contributed by atoms with Crippen LogP contribution in [0.2, 0.25) is 0 Å². The first kappa shape index (κ1) is 15.6. The van der Waals surface area contributed by atoms with Gasteiger partial charge in [0.05, 0.1) is 24.1 Å². The second-order valence-corrected chi connectivity index (χ2v) is 5.56. The SMILES string of the molecule is C=C1/C=N\N(C2CC2)C/N=C(/SCC(=O)OCC)NC1=O. The zero-order valence-corrected chi connectivity index (χ0v) is 12.7. The second-order valence-electron chi connectivity index (χ2n) is 4.59. The summed E-state index contributed by atoms with van der Waals surface area (Å²) in [6.07, 6.45) is 3.60. The predicted molar refractivity (Wildman–Crippen MR) is 82.0 cm³/mol. The number of thioether (sulfide) groups is 1. The maximum absolute atomic E-state index is 11.9. The van der Waals surface area contributed by atoms with Crippen LogP contribution >= 0.6 is 11.8 Å². The van der Waals surface area contributed by atoms with Crippen LogP contribution in [0.4, 0.5) is 0 Å². The molecular weight excluding hydrogens is 292 g/mol. The van der Waals surface area contributed by atoms with Crippen molar-refractivity contribution in [2.75, 3.05) is 19.0 Å². The van der Waals surface area contributed by atoms with E-state index in [0.717, 1.165) is 24.6 Å². The summed E-state index contributed by atoms with van der Waals surface area (Å²) in [4.78, 5) is 27.5. The van der Waals surface area contributed by atoms with Crippen molar-refractivity contribution < 1.29 is 14.3 Å². The molecule has 0 spiro atoms. The van der Waals surface area contributed by atoms with Crippen LogP contribution in [-0.2, 0) is 14.3 Å². The van der Waals surface area contributed by atoms with Crippen molar-refractivity contribution in [3.05, 3.63) is 12.2 Å². The van der Waals surface area contributed by atoms with Crippen LogP contribution in [0.15, 0.2) is 22.2 Å². The molecule has 2 rings (SSSR count). The molecule has 8 heteroatoms. The van der Waals surface area contributed by atoms with E-state index in [1.54, 1.807) is 6.92 Å². The number of ether oxygens (including phenoxy) is 1. The van der Waals surface area contributed by atoms with Crippen molar-refractivity contribution in [1.82, 2.24) is 10.3 Å². The number of rotatable bonds is 4. The van der Waals surface area contributed by atoms with E-state index in [4.69, 9.17) is 4.74 Å². The summed E-state index contributed by atoms with van der Waals surface area (Å²) in [6, 6.07) is 0.377. The Kier molecular flexibility index (Phi) is 5.38. The lowest BCUT2D eigenvalue weighted by Crippen LogP contribution is -2.30. The molecule has 1 heterocycles. The Hall–Kier alpha value is -1.83. The maximum atomic E-state index is 11.9. The average Bonchev–Trinajstić information content (AvgIpc) is 3.27. The van der Waals surface area contributed by atoms with Gasteiger partial charge in [0.2, 0.25) is 0 Å². The number of nitrogens with one attached hydrogen (secondary N) is 1. The van der Waals surface area contributed by atoms with Gasteiger partial charge in [-0.05, 0) is 19.8 Å². The van der Waals surface area contributed by atoms with Gasteiger partial charge in [0.1, 0.15) is 6.67 Å². The number of hydrogen-bond donors (Lipinski definition) is 1. The highest BCUT2D eigenvalue weighted by Gasteiger charge is 2.28. The van der Waals surface area contributed by atoms with Crippen molar-refractivity contribution in [2.24, 2.45) is 10.1 Å². The van der Waals surface area contributed by atoms with E-state index in [1.807, 2.05) is 5.01 Å². The second kappa shape index (κ2) is 7.26. The highest BCUT2D eigenvalue weighted by atomic mass is 32.2. The van der Waals surface area contributed by atoms with Gasteiger partial charge < -0.3 is 10.1 Å². The molecule has 0 saturated heterocycles. The number of carbonyl (C=O) groups is 2. The molecule has 1 N–H and O–H groups in total. The zero-order chi connectivity index (χ0) is 15.2. The third kappa shape index (κ3) is 4.89. The Morgan fingerprint density at radius 3 is 3.05 bits per heavy atom. The van der Waals surface area contributed by atoms with Gasteiger partial charge in [-0.3, -0.25) is 14.6 Å². The monoisotopic (exact) mass is 310 g/mol. The Morgan fingerprint density at radius 2 is 2.38 bits per heavy atom. The van der Waals surface area contributed by atoms with Crippen molar-refractivity contribution >= 4 is 35.0 Å². The lowest BCUT2D eigenvalue weighted by molar-refractivity contribution is -0.139. The number of amides is 1. The van der Waals surface area contributed by atoms with Crippen molar-refractivity contribution in [3.8, 4) is 0 Å². The number of hydrogen-bond acceptors (Lipinski definition) is 7. The Labute approximate surface area is 127 Å². The van der Waals surface area contributed by atoms with Crippen molar-refractivity contribution in [2.45, 2.75) is 25.8 Å². The normalized spacial score (nSPS) is 23.3. The molecular formula is C13H18N4O3S. The summed E-state index contributed by atoms with van der Waals surface area (Å²) < 4.78 is 4.85. The van der Waals surface area contributed by atoms with Crippen molar-refractivity contribution in [3.63, 3.8) is 0 Å². The first-order valence-corrected chi connectivity index (χ1v) is 7.72. The minimum absolute atomic E-state index is 0.101. The molecule has 1 fully saturated rings. The summed E-state index contributed by atoms with van der Waals surface area (Å²) in [5.74, 6) is -0.607. The summed E-state index contributed by atoms with van der Waals surface area (Å²) in [7, 11) is 0. The molecule has 0 bridgehead atoms. The van der Waals surface area contributed by atoms with Crippen LogP contribution in [0.25, 0.3) is 0 Å². The Balaban J connectivity index is 2.01. The first-order chi connectivity index (χ1) is 10.1. The Bertz CT molecular complexity index is 500. The molecule has 0 aromatic rings. The molecule has 0 aromatic heterocycles. The summed E-state index contributed by atoms with van der Waals surface area (Å²) in [5, 5.41) is 9.08. The number of carbonyl (C=O) groups excluding carboxylic acids is 2. The number of hydrazone groups is 1. The van der Waals surface area contributed by atoms with Gasteiger partial charge in [0.25, 0.3) is 5.91 Å². The predicted octanol–water partition coefficient (Wildman–Crippen LogP) is 0.732. The molecule has 0 unspecified atom stereocenters. The quantitative estimate of drug-likeness (QED) is 0.611. The molecule has 21 heavy (non-hydrogen) atoms. The zero-order valence-electron chi connectivity index (χ0n) is 11.9. The third-order valence-electron chi connectivity index (χ3n) is 2.83. The van der Waals surface area contributed by atoms with E-state index < -0.39 is 0 Å². The molecule has 7 nitrogen and oxygen atoms in total. The van der Waals surface area contributed by atoms with Gasteiger partial charge in [-0.2, -0.15) is 5.10 Å². The van der Waals surface area contributed by atoms with Gasteiger partial charge in [-0.25, -0.2) is 4.99 Å². The number of nitrogens with zero attached hydrogens (tertiary/aromatic N) is 3. The fourth-order valence-electron chi connectivity index (χ4n) is 1.59. The summed E-state index contributed by atoms with van der Waals surface area (Å²) in [5.41, 5.74) is 0.256. The lowest BCUT2D eigenvalue weighted by atomic mass is 10.3. The molecule has 2 aliphatic rings. The van der Waals surface area contributed by atoms with Crippen LogP contribution in [0.5, 0.6) is 0 Å². The standard InChI is InChI=1S/C13H18N4O3S/c1-3-20-11(18)7-21-13-14-8-17(10-4-5-10)15-6-9(2)12(19)16-13/h6,10H,2-5,7-8H2,1H3,(H,14,16,19)/b15-6-. The van der Waals surface area contributed by atoms with Crippen LogP contribution in [0.3, 0.4) is 0 Å².